The minimum Gasteiger partial charge on any atom is -0.492 e. The molecule has 0 heterocycles. The average Bonchev–Trinajstić information content (AvgIpc) is 2.42. The van der Waals surface area contributed by atoms with Crippen molar-refractivity contribution in [2.75, 3.05) is 13.2 Å². The summed E-state index contributed by atoms with van der Waals surface area (Å²) in [5.41, 5.74) is 2.14. The molecular formula is C16H17Cl2NO. The Labute approximate surface area is 129 Å². The lowest BCUT2D eigenvalue weighted by molar-refractivity contribution is 0.311. The molecule has 0 aliphatic carbocycles. The molecular weight excluding hydrogens is 293 g/mol. The van der Waals surface area contributed by atoms with Gasteiger partial charge in [-0.25, -0.2) is 0 Å². The van der Waals surface area contributed by atoms with Crippen molar-refractivity contribution in [3.8, 4) is 5.75 Å². The second-order valence-electron chi connectivity index (χ2n) is 4.53. The van der Waals surface area contributed by atoms with Crippen LogP contribution in [0.4, 0.5) is 0 Å². The zero-order valence-electron chi connectivity index (χ0n) is 11.3. The number of rotatable bonds is 6. The molecule has 2 nitrogen and oxygen atoms in total. The van der Waals surface area contributed by atoms with E-state index in [0.29, 0.717) is 6.61 Å². The Morgan fingerprint density at radius 3 is 2.65 bits per heavy atom. The molecule has 0 atom stereocenters. The van der Waals surface area contributed by atoms with E-state index in [-0.39, 0.29) is 0 Å². The van der Waals surface area contributed by atoms with Gasteiger partial charge in [-0.1, -0.05) is 41.4 Å². The second kappa shape index (κ2) is 7.53. The smallest absolute Gasteiger partial charge is 0.122 e. The third-order valence-corrected chi connectivity index (χ3v) is 3.55. The van der Waals surface area contributed by atoms with Gasteiger partial charge in [-0.3, -0.25) is 0 Å². The van der Waals surface area contributed by atoms with Gasteiger partial charge < -0.3 is 10.1 Å². The van der Waals surface area contributed by atoms with Crippen LogP contribution >= 0.6 is 23.2 Å². The predicted octanol–water partition coefficient (Wildman–Crippen LogP) is 4.47. The molecule has 4 heteroatoms. The maximum Gasteiger partial charge on any atom is 0.122 e. The summed E-state index contributed by atoms with van der Waals surface area (Å²) in [6, 6.07) is 13.4. The van der Waals surface area contributed by atoms with Gasteiger partial charge in [0.15, 0.2) is 0 Å². The standard InChI is InChI=1S/C16H17Cl2NO/c1-12-10-14(17)6-7-16(12)20-9-8-19-11-13-4-2-3-5-15(13)18/h2-7,10,19H,8-9,11H2,1H3. The van der Waals surface area contributed by atoms with Gasteiger partial charge in [0.1, 0.15) is 12.4 Å². The molecule has 0 saturated heterocycles. The summed E-state index contributed by atoms with van der Waals surface area (Å²) >= 11 is 12.0. The summed E-state index contributed by atoms with van der Waals surface area (Å²) in [4.78, 5) is 0. The highest BCUT2D eigenvalue weighted by Crippen LogP contribution is 2.21. The predicted molar refractivity (Wildman–Crippen MR) is 84.8 cm³/mol. The fourth-order valence-electron chi connectivity index (χ4n) is 1.87. The number of halogens is 2. The van der Waals surface area contributed by atoms with Crippen molar-refractivity contribution in [3.05, 3.63) is 63.6 Å². The molecule has 0 unspecified atom stereocenters. The summed E-state index contributed by atoms with van der Waals surface area (Å²) in [5.74, 6) is 0.869. The number of ether oxygens (including phenoxy) is 1. The lowest BCUT2D eigenvalue weighted by Crippen LogP contribution is -2.20. The van der Waals surface area contributed by atoms with E-state index in [9.17, 15) is 0 Å². The Hall–Kier alpha value is -1.22. The third-order valence-electron chi connectivity index (χ3n) is 2.95. The van der Waals surface area contributed by atoms with E-state index in [1.165, 1.54) is 0 Å². The first kappa shape index (κ1) is 15.2. The summed E-state index contributed by atoms with van der Waals surface area (Å²) in [6.07, 6.45) is 0. The van der Waals surface area contributed by atoms with Crippen molar-refractivity contribution in [2.24, 2.45) is 0 Å². The first-order valence-electron chi connectivity index (χ1n) is 6.50. The van der Waals surface area contributed by atoms with E-state index in [2.05, 4.69) is 5.32 Å². The van der Waals surface area contributed by atoms with Gasteiger partial charge in [0, 0.05) is 23.1 Å². The highest BCUT2D eigenvalue weighted by Gasteiger charge is 2.01. The van der Waals surface area contributed by atoms with Crippen LogP contribution in [0.2, 0.25) is 10.0 Å². The van der Waals surface area contributed by atoms with Crippen molar-refractivity contribution >= 4 is 23.2 Å². The van der Waals surface area contributed by atoms with Crippen molar-refractivity contribution in [1.82, 2.24) is 5.32 Å². The fraction of sp³-hybridized carbons (Fsp3) is 0.250. The van der Waals surface area contributed by atoms with Gasteiger partial charge >= 0.3 is 0 Å². The summed E-state index contributed by atoms with van der Waals surface area (Å²) in [5, 5.41) is 4.82. The van der Waals surface area contributed by atoms with Crippen molar-refractivity contribution in [3.63, 3.8) is 0 Å². The van der Waals surface area contributed by atoms with Crippen LogP contribution in [-0.4, -0.2) is 13.2 Å². The zero-order chi connectivity index (χ0) is 14.4. The van der Waals surface area contributed by atoms with E-state index in [0.717, 1.165) is 40.0 Å². The molecule has 106 valence electrons. The molecule has 0 amide bonds. The SMILES string of the molecule is Cc1cc(Cl)ccc1OCCNCc1ccccc1Cl. The van der Waals surface area contributed by atoms with Crippen LogP contribution in [0.1, 0.15) is 11.1 Å². The van der Waals surface area contributed by atoms with E-state index in [1.807, 2.05) is 49.4 Å². The maximum absolute atomic E-state index is 6.08. The van der Waals surface area contributed by atoms with Crippen LogP contribution in [0.25, 0.3) is 0 Å². The normalized spacial score (nSPS) is 10.6. The minimum absolute atomic E-state index is 0.604. The number of nitrogens with one attached hydrogen (secondary N) is 1. The van der Waals surface area contributed by atoms with E-state index in [4.69, 9.17) is 27.9 Å². The summed E-state index contributed by atoms with van der Waals surface area (Å²) in [7, 11) is 0. The third kappa shape index (κ3) is 4.41. The Balaban J connectivity index is 1.73. The number of hydrogen-bond donors (Lipinski definition) is 1. The molecule has 0 bridgehead atoms. The lowest BCUT2D eigenvalue weighted by Gasteiger charge is -2.10. The Morgan fingerprint density at radius 1 is 1.10 bits per heavy atom. The highest BCUT2D eigenvalue weighted by molar-refractivity contribution is 6.31. The molecule has 2 rings (SSSR count). The second-order valence-corrected chi connectivity index (χ2v) is 5.37. The Kier molecular flexibility index (Phi) is 5.72. The highest BCUT2D eigenvalue weighted by atomic mass is 35.5. The lowest BCUT2D eigenvalue weighted by atomic mass is 10.2. The first-order valence-corrected chi connectivity index (χ1v) is 7.25. The van der Waals surface area contributed by atoms with Gasteiger partial charge in [0.05, 0.1) is 0 Å². The van der Waals surface area contributed by atoms with E-state index in [1.54, 1.807) is 0 Å². The molecule has 0 saturated carbocycles. The van der Waals surface area contributed by atoms with Crippen LogP contribution in [0, 0.1) is 6.92 Å². The molecule has 2 aromatic rings. The molecule has 1 N–H and O–H groups in total. The summed E-state index contributed by atoms with van der Waals surface area (Å²) < 4.78 is 5.71. The van der Waals surface area contributed by atoms with Crippen LogP contribution in [0.15, 0.2) is 42.5 Å². The molecule has 0 fully saturated rings. The fourth-order valence-corrected chi connectivity index (χ4v) is 2.30. The first-order chi connectivity index (χ1) is 9.66. The molecule has 0 aliphatic rings. The van der Waals surface area contributed by atoms with Gasteiger partial charge in [0.2, 0.25) is 0 Å². The van der Waals surface area contributed by atoms with Crippen LogP contribution in [0.5, 0.6) is 5.75 Å². The number of aryl methyl sites for hydroxylation is 1. The molecule has 0 aromatic heterocycles. The quantitative estimate of drug-likeness (QED) is 0.795. The minimum atomic E-state index is 0.604. The monoisotopic (exact) mass is 309 g/mol. The van der Waals surface area contributed by atoms with Crippen molar-refractivity contribution in [2.45, 2.75) is 13.5 Å². The molecule has 0 aliphatic heterocycles. The van der Waals surface area contributed by atoms with Crippen molar-refractivity contribution < 1.29 is 4.74 Å². The van der Waals surface area contributed by atoms with Crippen LogP contribution in [-0.2, 0) is 6.54 Å². The number of hydrogen-bond acceptors (Lipinski definition) is 2. The topological polar surface area (TPSA) is 21.3 Å². The van der Waals surface area contributed by atoms with Crippen LogP contribution in [0.3, 0.4) is 0 Å². The molecule has 20 heavy (non-hydrogen) atoms. The van der Waals surface area contributed by atoms with Gasteiger partial charge in [-0.05, 0) is 42.3 Å². The Morgan fingerprint density at radius 2 is 1.90 bits per heavy atom. The van der Waals surface area contributed by atoms with E-state index >= 15 is 0 Å². The molecule has 2 aromatic carbocycles. The average molecular weight is 310 g/mol. The summed E-state index contributed by atoms with van der Waals surface area (Å²) in [6.45, 7) is 4.08. The number of benzene rings is 2. The van der Waals surface area contributed by atoms with Gasteiger partial charge in [-0.2, -0.15) is 0 Å². The van der Waals surface area contributed by atoms with Gasteiger partial charge in [0.25, 0.3) is 0 Å². The zero-order valence-corrected chi connectivity index (χ0v) is 12.8. The Bertz CT molecular complexity index is 572. The largest absolute Gasteiger partial charge is 0.492 e. The maximum atomic E-state index is 6.08. The van der Waals surface area contributed by atoms with Gasteiger partial charge in [-0.15, -0.1) is 0 Å². The van der Waals surface area contributed by atoms with Crippen molar-refractivity contribution in [1.29, 1.82) is 0 Å². The molecule has 0 radical (unpaired) electrons. The van der Waals surface area contributed by atoms with E-state index < -0.39 is 0 Å². The molecule has 0 spiro atoms. The van der Waals surface area contributed by atoms with Crippen LogP contribution < -0.4 is 10.1 Å².